The van der Waals surface area contributed by atoms with Gasteiger partial charge in [-0.3, -0.25) is 4.79 Å². The van der Waals surface area contributed by atoms with Crippen LogP contribution in [0.3, 0.4) is 0 Å². The maximum Gasteiger partial charge on any atom is 0.268 e. The Hall–Kier alpha value is -1.04. The van der Waals surface area contributed by atoms with Crippen molar-refractivity contribution in [1.82, 2.24) is 9.88 Å². The molecule has 6 heteroatoms. The third-order valence-electron chi connectivity index (χ3n) is 2.76. The molecular weight excluding hydrogens is 244 g/mol. The SMILES string of the molecule is O=C(NC(CO)CO)c1cc(Cl)cn1C1CC1. The van der Waals surface area contributed by atoms with Crippen LogP contribution in [0.5, 0.6) is 0 Å². The van der Waals surface area contributed by atoms with E-state index in [1.54, 1.807) is 12.3 Å². The minimum absolute atomic E-state index is 0.292. The maximum absolute atomic E-state index is 11.9. The number of nitrogens with one attached hydrogen (secondary N) is 1. The topological polar surface area (TPSA) is 74.5 Å². The lowest BCUT2D eigenvalue weighted by Gasteiger charge is -2.14. The highest BCUT2D eigenvalue weighted by molar-refractivity contribution is 6.31. The Bertz CT molecular complexity index is 411. The number of aromatic nitrogens is 1. The number of hydrogen-bond acceptors (Lipinski definition) is 3. The van der Waals surface area contributed by atoms with Crippen molar-refractivity contribution in [3.8, 4) is 0 Å². The molecule has 94 valence electrons. The normalized spacial score (nSPS) is 15.3. The van der Waals surface area contributed by atoms with Crippen LogP contribution in [0.2, 0.25) is 5.02 Å². The van der Waals surface area contributed by atoms with Gasteiger partial charge in [0.25, 0.3) is 5.91 Å². The summed E-state index contributed by atoms with van der Waals surface area (Å²) in [5, 5.41) is 20.9. The number of hydrogen-bond donors (Lipinski definition) is 3. The molecule has 0 saturated heterocycles. The first-order valence-corrected chi connectivity index (χ1v) is 5.93. The van der Waals surface area contributed by atoms with Crippen molar-refractivity contribution in [2.45, 2.75) is 24.9 Å². The number of rotatable bonds is 5. The van der Waals surface area contributed by atoms with Gasteiger partial charge in [0.1, 0.15) is 5.69 Å². The van der Waals surface area contributed by atoms with Crippen molar-refractivity contribution in [2.75, 3.05) is 13.2 Å². The van der Waals surface area contributed by atoms with E-state index in [0.29, 0.717) is 16.8 Å². The van der Waals surface area contributed by atoms with Crippen LogP contribution in [0.4, 0.5) is 0 Å². The monoisotopic (exact) mass is 258 g/mol. The zero-order chi connectivity index (χ0) is 12.4. The van der Waals surface area contributed by atoms with Gasteiger partial charge in [-0.1, -0.05) is 11.6 Å². The smallest absolute Gasteiger partial charge is 0.268 e. The first-order chi connectivity index (χ1) is 8.15. The summed E-state index contributed by atoms with van der Waals surface area (Å²) >= 11 is 5.89. The molecule has 0 spiro atoms. The van der Waals surface area contributed by atoms with Crippen LogP contribution < -0.4 is 5.32 Å². The number of amides is 1. The van der Waals surface area contributed by atoms with Crippen LogP contribution in [0.1, 0.15) is 29.4 Å². The number of carbonyl (C=O) groups excluding carboxylic acids is 1. The lowest BCUT2D eigenvalue weighted by molar-refractivity contribution is 0.0870. The molecule has 3 N–H and O–H groups in total. The van der Waals surface area contributed by atoms with Gasteiger partial charge in [0, 0.05) is 12.2 Å². The van der Waals surface area contributed by atoms with E-state index in [4.69, 9.17) is 21.8 Å². The van der Waals surface area contributed by atoms with Crippen molar-refractivity contribution in [3.05, 3.63) is 23.0 Å². The molecule has 0 aromatic carbocycles. The van der Waals surface area contributed by atoms with Crippen LogP contribution in [0.15, 0.2) is 12.3 Å². The third kappa shape index (κ3) is 2.80. The summed E-state index contributed by atoms with van der Waals surface area (Å²) in [7, 11) is 0. The molecule has 1 amide bonds. The van der Waals surface area contributed by atoms with E-state index in [-0.39, 0.29) is 19.1 Å². The van der Waals surface area contributed by atoms with Gasteiger partial charge in [-0.2, -0.15) is 0 Å². The lowest BCUT2D eigenvalue weighted by atomic mass is 10.3. The summed E-state index contributed by atoms with van der Waals surface area (Å²) in [5.74, 6) is -0.322. The number of halogens is 1. The number of aliphatic hydroxyl groups excluding tert-OH is 2. The fraction of sp³-hybridized carbons (Fsp3) is 0.545. The molecule has 1 aromatic heterocycles. The zero-order valence-corrected chi connectivity index (χ0v) is 10.0. The molecule has 0 radical (unpaired) electrons. The van der Waals surface area contributed by atoms with Crippen molar-refractivity contribution in [2.24, 2.45) is 0 Å². The van der Waals surface area contributed by atoms with E-state index in [1.807, 2.05) is 4.57 Å². The van der Waals surface area contributed by atoms with Crippen LogP contribution in [-0.2, 0) is 0 Å². The molecule has 1 aliphatic rings. The maximum atomic E-state index is 11.9. The van der Waals surface area contributed by atoms with Gasteiger partial charge < -0.3 is 20.1 Å². The van der Waals surface area contributed by atoms with Crippen LogP contribution in [0, 0.1) is 0 Å². The molecular formula is C11H15ClN2O3. The molecule has 1 fully saturated rings. The molecule has 2 rings (SSSR count). The van der Waals surface area contributed by atoms with Gasteiger partial charge in [0.05, 0.1) is 24.3 Å². The predicted octanol–water partition coefficient (Wildman–Crippen LogP) is 0.559. The number of nitrogens with zero attached hydrogens (tertiary/aromatic N) is 1. The van der Waals surface area contributed by atoms with Gasteiger partial charge in [-0.15, -0.1) is 0 Å². The molecule has 1 aliphatic carbocycles. The number of aliphatic hydroxyl groups is 2. The Labute approximate surface area is 104 Å². The second-order valence-corrected chi connectivity index (χ2v) is 4.65. The van der Waals surface area contributed by atoms with E-state index < -0.39 is 6.04 Å². The van der Waals surface area contributed by atoms with E-state index in [2.05, 4.69) is 5.32 Å². The highest BCUT2D eigenvalue weighted by Gasteiger charge is 2.28. The van der Waals surface area contributed by atoms with Crippen molar-refractivity contribution in [3.63, 3.8) is 0 Å². The van der Waals surface area contributed by atoms with E-state index in [9.17, 15) is 4.79 Å². The van der Waals surface area contributed by atoms with Crippen molar-refractivity contribution < 1.29 is 15.0 Å². The Morgan fingerprint density at radius 1 is 1.53 bits per heavy atom. The third-order valence-corrected chi connectivity index (χ3v) is 2.97. The Kier molecular flexibility index (Phi) is 3.71. The van der Waals surface area contributed by atoms with Crippen LogP contribution in [0.25, 0.3) is 0 Å². The quantitative estimate of drug-likeness (QED) is 0.722. The van der Waals surface area contributed by atoms with Crippen LogP contribution >= 0.6 is 11.6 Å². The van der Waals surface area contributed by atoms with Crippen LogP contribution in [-0.4, -0.2) is 39.9 Å². The molecule has 0 unspecified atom stereocenters. The average molecular weight is 259 g/mol. The van der Waals surface area contributed by atoms with Gasteiger partial charge in [0.2, 0.25) is 0 Å². The fourth-order valence-electron chi connectivity index (χ4n) is 1.69. The van der Waals surface area contributed by atoms with Crippen molar-refractivity contribution in [1.29, 1.82) is 0 Å². The predicted molar refractivity (Wildman–Crippen MR) is 63.1 cm³/mol. The molecule has 1 aromatic rings. The molecule has 5 nitrogen and oxygen atoms in total. The summed E-state index contributed by atoms with van der Waals surface area (Å²) in [5.41, 5.74) is 0.476. The average Bonchev–Trinajstić information content (AvgIpc) is 3.09. The van der Waals surface area contributed by atoms with Gasteiger partial charge in [-0.05, 0) is 18.9 Å². The van der Waals surface area contributed by atoms with Gasteiger partial charge >= 0.3 is 0 Å². The molecule has 0 bridgehead atoms. The highest BCUT2D eigenvalue weighted by atomic mass is 35.5. The molecule has 17 heavy (non-hydrogen) atoms. The Balaban J connectivity index is 2.12. The largest absolute Gasteiger partial charge is 0.394 e. The highest BCUT2D eigenvalue weighted by Crippen LogP contribution is 2.37. The van der Waals surface area contributed by atoms with E-state index in [0.717, 1.165) is 12.8 Å². The summed E-state index contributed by atoms with van der Waals surface area (Å²) in [6.45, 7) is -0.583. The first-order valence-electron chi connectivity index (χ1n) is 5.55. The Morgan fingerprint density at radius 2 is 2.18 bits per heavy atom. The molecule has 0 aliphatic heterocycles. The lowest BCUT2D eigenvalue weighted by Crippen LogP contribution is -2.40. The summed E-state index contributed by atoms with van der Waals surface area (Å²) in [4.78, 5) is 11.9. The Morgan fingerprint density at radius 3 is 2.71 bits per heavy atom. The second kappa shape index (κ2) is 5.08. The summed E-state index contributed by atoms with van der Waals surface area (Å²) in [6.07, 6.45) is 3.84. The fourth-order valence-corrected chi connectivity index (χ4v) is 1.90. The zero-order valence-electron chi connectivity index (χ0n) is 9.27. The summed E-state index contributed by atoms with van der Waals surface area (Å²) in [6, 6.07) is 1.31. The number of carbonyl (C=O) groups is 1. The second-order valence-electron chi connectivity index (χ2n) is 4.22. The minimum Gasteiger partial charge on any atom is -0.394 e. The summed E-state index contributed by atoms with van der Waals surface area (Å²) < 4.78 is 1.85. The standard InChI is InChI=1S/C11H15ClN2O3/c12-7-3-10(14(4-7)9-1-2-9)11(17)13-8(5-15)6-16/h3-4,8-9,15-16H,1-2,5-6H2,(H,13,17). The molecule has 0 atom stereocenters. The van der Waals surface area contributed by atoms with E-state index in [1.165, 1.54) is 0 Å². The molecule has 1 saturated carbocycles. The minimum atomic E-state index is -0.635. The van der Waals surface area contributed by atoms with Crippen molar-refractivity contribution >= 4 is 17.5 Å². The van der Waals surface area contributed by atoms with E-state index >= 15 is 0 Å². The van der Waals surface area contributed by atoms with Gasteiger partial charge in [-0.25, -0.2) is 0 Å². The first kappa shape index (κ1) is 12.4. The van der Waals surface area contributed by atoms with Gasteiger partial charge in [0.15, 0.2) is 0 Å². The molecule has 1 heterocycles.